The van der Waals surface area contributed by atoms with Gasteiger partial charge in [0.2, 0.25) is 5.91 Å². The number of carboxylic acid groups (broad SMARTS) is 1. The first kappa shape index (κ1) is 24.8. The average molecular weight is 496 g/mol. The molecule has 0 spiro atoms. The molecule has 6 heteroatoms. The molecule has 1 fully saturated rings. The highest BCUT2D eigenvalue weighted by Crippen LogP contribution is 2.31. The van der Waals surface area contributed by atoms with Crippen molar-refractivity contribution in [3.05, 3.63) is 95.7 Å². The van der Waals surface area contributed by atoms with Crippen molar-refractivity contribution in [2.45, 2.75) is 39.2 Å². The number of aromatic nitrogens is 1. The van der Waals surface area contributed by atoms with Crippen LogP contribution in [0, 0.1) is 5.92 Å². The lowest BCUT2D eigenvalue weighted by Gasteiger charge is -2.32. The number of anilines is 1. The summed E-state index contributed by atoms with van der Waals surface area (Å²) in [7, 11) is 0. The van der Waals surface area contributed by atoms with Crippen molar-refractivity contribution >= 4 is 28.5 Å². The van der Waals surface area contributed by atoms with E-state index in [4.69, 9.17) is 5.11 Å². The Morgan fingerprint density at radius 1 is 0.973 bits per heavy atom. The Kier molecular flexibility index (Phi) is 7.10. The van der Waals surface area contributed by atoms with Crippen LogP contribution in [-0.4, -0.2) is 39.5 Å². The Morgan fingerprint density at radius 2 is 1.73 bits per heavy atom. The lowest BCUT2D eigenvalue weighted by molar-refractivity contribution is -0.118. The molecule has 0 radical (unpaired) electrons. The van der Waals surface area contributed by atoms with Crippen LogP contribution < -0.4 is 5.32 Å². The summed E-state index contributed by atoms with van der Waals surface area (Å²) in [6, 6.07) is 24.0. The minimum atomic E-state index is -0.916. The van der Waals surface area contributed by atoms with E-state index in [1.54, 1.807) is 12.1 Å². The Labute approximate surface area is 217 Å². The first-order valence-electron chi connectivity index (χ1n) is 12.9. The number of benzene rings is 3. The van der Waals surface area contributed by atoms with Gasteiger partial charge in [-0.05, 0) is 97.6 Å². The third kappa shape index (κ3) is 5.59. The van der Waals surface area contributed by atoms with Crippen molar-refractivity contribution in [2.24, 2.45) is 5.92 Å². The summed E-state index contributed by atoms with van der Waals surface area (Å²) in [6.07, 6.45) is 4.24. The molecule has 5 rings (SSSR count). The predicted octanol–water partition coefficient (Wildman–Crippen LogP) is 6.30. The number of likely N-dealkylation sites (tertiary alicyclic amines) is 1. The number of hydrogen-bond acceptors (Lipinski definition) is 3. The molecule has 0 aliphatic carbocycles. The molecule has 37 heavy (non-hydrogen) atoms. The van der Waals surface area contributed by atoms with Gasteiger partial charge < -0.3 is 15.0 Å². The van der Waals surface area contributed by atoms with E-state index in [0.717, 1.165) is 49.4 Å². The standard InChI is InChI=1S/C31H33N3O3/c1-21(2)30(35)32-27-5-3-4-25(19-27)23-12-15-33(16-13-23)20-22-6-11-29-26(18-22)14-17-34(29)28-9-7-24(8-10-28)31(36)37/h3-11,14,17-19,21,23H,12-13,15-16,20H2,1-2H3,(H,32,35)(H,36,37). The van der Waals surface area contributed by atoms with Crippen molar-refractivity contribution in [1.29, 1.82) is 0 Å². The second kappa shape index (κ2) is 10.6. The minimum Gasteiger partial charge on any atom is -0.478 e. The number of carbonyl (C=O) groups excluding carboxylic acids is 1. The number of rotatable bonds is 7. The normalized spacial score (nSPS) is 14.8. The maximum atomic E-state index is 12.1. The van der Waals surface area contributed by atoms with Crippen molar-refractivity contribution in [1.82, 2.24) is 9.47 Å². The van der Waals surface area contributed by atoms with Gasteiger partial charge in [0.1, 0.15) is 0 Å². The molecule has 1 amide bonds. The largest absolute Gasteiger partial charge is 0.478 e. The predicted molar refractivity (Wildman–Crippen MR) is 147 cm³/mol. The SMILES string of the molecule is CC(C)C(=O)Nc1cccc(C2CCN(Cc3ccc4c(ccn4-c4ccc(C(=O)O)cc4)c3)CC2)c1. The summed E-state index contributed by atoms with van der Waals surface area (Å²) in [4.78, 5) is 25.7. The van der Waals surface area contributed by atoms with Crippen molar-refractivity contribution in [3.8, 4) is 5.69 Å². The van der Waals surface area contributed by atoms with Gasteiger partial charge in [-0.1, -0.05) is 32.0 Å². The van der Waals surface area contributed by atoms with Gasteiger partial charge in [0, 0.05) is 35.4 Å². The van der Waals surface area contributed by atoms with Crippen LogP contribution in [0.4, 0.5) is 5.69 Å². The summed E-state index contributed by atoms with van der Waals surface area (Å²) >= 11 is 0. The fourth-order valence-corrected chi connectivity index (χ4v) is 5.12. The second-order valence-electron chi connectivity index (χ2n) is 10.3. The minimum absolute atomic E-state index is 0.0324. The third-order valence-electron chi connectivity index (χ3n) is 7.29. The van der Waals surface area contributed by atoms with Gasteiger partial charge in [0.15, 0.2) is 0 Å². The van der Waals surface area contributed by atoms with E-state index in [1.807, 2.05) is 44.3 Å². The Balaban J connectivity index is 1.21. The molecule has 6 nitrogen and oxygen atoms in total. The number of nitrogens with zero attached hydrogens (tertiary/aromatic N) is 2. The number of nitrogens with one attached hydrogen (secondary N) is 1. The third-order valence-corrected chi connectivity index (χ3v) is 7.29. The number of aromatic carboxylic acids is 1. The molecule has 1 aromatic heterocycles. The van der Waals surface area contributed by atoms with E-state index in [-0.39, 0.29) is 17.4 Å². The van der Waals surface area contributed by atoms with Gasteiger partial charge >= 0.3 is 5.97 Å². The molecular formula is C31H33N3O3. The van der Waals surface area contributed by atoms with Gasteiger partial charge in [-0.2, -0.15) is 0 Å². The monoisotopic (exact) mass is 495 g/mol. The topological polar surface area (TPSA) is 74.6 Å². The number of carbonyl (C=O) groups is 2. The molecule has 0 atom stereocenters. The molecule has 1 aliphatic heterocycles. The Bertz CT molecular complexity index is 1410. The number of hydrogen-bond donors (Lipinski definition) is 2. The van der Waals surface area contributed by atoms with E-state index in [0.29, 0.717) is 5.92 Å². The quantitative estimate of drug-likeness (QED) is 0.315. The highest BCUT2D eigenvalue weighted by Gasteiger charge is 2.21. The van der Waals surface area contributed by atoms with Gasteiger partial charge in [-0.15, -0.1) is 0 Å². The van der Waals surface area contributed by atoms with Crippen LogP contribution in [0.2, 0.25) is 0 Å². The van der Waals surface area contributed by atoms with Gasteiger partial charge in [0.25, 0.3) is 0 Å². The summed E-state index contributed by atoms with van der Waals surface area (Å²) < 4.78 is 2.09. The molecule has 0 saturated carbocycles. The Morgan fingerprint density at radius 3 is 2.43 bits per heavy atom. The van der Waals surface area contributed by atoms with Crippen molar-refractivity contribution < 1.29 is 14.7 Å². The van der Waals surface area contributed by atoms with Crippen LogP contribution in [0.15, 0.2) is 79.0 Å². The number of fused-ring (bicyclic) bond motifs is 1. The van der Waals surface area contributed by atoms with E-state index in [9.17, 15) is 9.59 Å². The molecular weight excluding hydrogens is 462 g/mol. The van der Waals surface area contributed by atoms with E-state index in [2.05, 4.69) is 51.2 Å². The Hall–Kier alpha value is -3.90. The molecule has 1 saturated heterocycles. The summed E-state index contributed by atoms with van der Waals surface area (Å²) in [5, 5.41) is 13.3. The zero-order valence-electron chi connectivity index (χ0n) is 21.4. The van der Waals surface area contributed by atoms with Crippen LogP contribution in [0.5, 0.6) is 0 Å². The maximum Gasteiger partial charge on any atom is 0.335 e. The molecule has 4 aromatic rings. The molecule has 1 aliphatic rings. The highest BCUT2D eigenvalue weighted by molar-refractivity contribution is 5.92. The first-order chi connectivity index (χ1) is 17.9. The van der Waals surface area contributed by atoms with Crippen LogP contribution in [-0.2, 0) is 11.3 Å². The van der Waals surface area contributed by atoms with Crippen LogP contribution in [0.25, 0.3) is 16.6 Å². The fourth-order valence-electron chi connectivity index (χ4n) is 5.12. The second-order valence-corrected chi connectivity index (χ2v) is 10.3. The summed E-state index contributed by atoms with van der Waals surface area (Å²) in [6.45, 7) is 6.82. The van der Waals surface area contributed by atoms with E-state index in [1.165, 1.54) is 16.5 Å². The smallest absolute Gasteiger partial charge is 0.335 e. The zero-order chi connectivity index (χ0) is 25.9. The maximum absolute atomic E-state index is 12.1. The van der Waals surface area contributed by atoms with Crippen LogP contribution in [0.1, 0.15) is 54.1 Å². The van der Waals surface area contributed by atoms with Crippen LogP contribution in [0.3, 0.4) is 0 Å². The molecule has 2 N–H and O–H groups in total. The molecule has 0 bridgehead atoms. The molecule has 2 heterocycles. The number of piperidine rings is 1. The highest BCUT2D eigenvalue weighted by atomic mass is 16.4. The van der Waals surface area contributed by atoms with E-state index >= 15 is 0 Å². The van der Waals surface area contributed by atoms with Gasteiger partial charge in [0.05, 0.1) is 11.1 Å². The summed E-state index contributed by atoms with van der Waals surface area (Å²) in [5.74, 6) is -0.386. The van der Waals surface area contributed by atoms with Gasteiger partial charge in [-0.3, -0.25) is 9.69 Å². The number of amides is 1. The zero-order valence-corrected chi connectivity index (χ0v) is 21.4. The van der Waals surface area contributed by atoms with Gasteiger partial charge in [-0.25, -0.2) is 4.79 Å². The molecule has 0 unspecified atom stereocenters. The lowest BCUT2D eigenvalue weighted by Crippen LogP contribution is -2.32. The van der Waals surface area contributed by atoms with Crippen LogP contribution >= 0.6 is 0 Å². The summed E-state index contributed by atoms with van der Waals surface area (Å²) in [5.41, 5.74) is 5.83. The first-order valence-corrected chi connectivity index (χ1v) is 12.9. The lowest BCUT2D eigenvalue weighted by atomic mass is 9.89. The molecule has 3 aromatic carbocycles. The van der Waals surface area contributed by atoms with Crippen molar-refractivity contribution in [3.63, 3.8) is 0 Å². The van der Waals surface area contributed by atoms with E-state index < -0.39 is 5.97 Å². The number of carboxylic acids is 1. The fraction of sp³-hybridized carbons (Fsp3) is 0.290. The van der Waals surface area contributed by atoms with Crippen molar-refractivity contribution in [2.75, 3.05) is 18.4 Å². The average Bonchev–Trinajstić information content (AvgIpc) is 3.32. The molecule has 190 valence electrons.